The van der Waals surface area contributed by atoms with Crippen molar-refractivity contribution >= 4 is 17.1 Å². The van der Waals surface area contributed by atoms with E-state index < -0.39 is 11.1 Å². The lowest BCUT2D eigenvalue weighted by Gasteiger charge is -2.39. The van der Waals surface area contributed by atoms with Crippen LogP contribution >= 0.6 is 0 Å². The van der Waals surface area contributed by atoms with E-state index in [1.807, 2.05) is 69.6 Å². The summed E-state index contributed by atoms with van der Waals surface area (Å²) < 4.78 is 32.7. The molecule has 2 unspecified atom stereocenters. The van der Waals surface area contributed by atoms with Gasteiger partial charge in [0.2, 0.25) is 0 Å². The zero-order chi connectivity index (χ0) is 43.7. The van der Waals surface area contributed by atoms with E-state index in [0.29, 0.717) is 39.5 Å². The van der Waals surface area contributed by atoms with Gasteiger partial charge in [-0.25, -0.2) is 9.78 Å². The molecule has 0 N–H and O–H groups in total. The van der Waals surface area contributed by atoms with Crippen LogP contribution in [0.5, 0.6) is 11.5 Å². The van der Waals surface area contributed by atoms with Gasteiger partial charge in [-0.15, -0.1) is 0 Å². The van der Waals surface area contributed by atoms with Gasteiger partial charge in [-0.1, -0.05) is 133 Å². The number of para-hydroxylation sites is 2. The Morgan fingerprint density at radius 1 is 0.698 bits per heavy atom. The zero-order valence-corrected chi connectivity index (χ0v) is 36.7. The Balaban J connectivity index is 1.05. The highest BCUT2D eigenvalue weighted by atomic mass is 16.6. The first kappa shape index (κ1) is 43.2. The van der Waals surface area contributed by atoms with Crippen molar-refractivity contribution in [3.8, 4) is 11.5 Å². The fourth-order valence-corrected chi connectivity index (χ4v) is 8.79. The first-order valence-electron chi connectivity index (χ1n) is 21.9. The summed E-state index contributed by atoms with van der Waals surface area (Å²) >= 11 is 0. The lowest BCUT2D eigenvalue weighted by atomic mass is 9.76. The number of methoxy groups -OCH3 is 1. The third-order valence-electron chi connectivity index (χ3n) is 11.7. The molecule has 9 heteroatoms. The predicted octanol–water partition coefficient (Wildman–Crippen LogP) is 11.2. The molecule has 0 bridgehead atoms. The molecule has 2 heterocycles. The van der Waals surface area contributed by atoms with Gasteiger partial charge in [0.25, 0.3) is 0 Å². The monoisotopic (exact) mass is 843 g/mol. The summed E-state index contributed by atoms with van der Waals surface area (Å²) in [5.74, 6) is 1.66. The van der Waals surface area contributed by atoms with Crippen molar-refractivity contribution in [2.75, 3.05) is 33.4 Å². The minimum Gasteiger partial charge on any atom is -0.496 e. The van der Waals surface area contributed by atoms with Gasteiger partial charge in [0.1, 0.15) is 22.6 Å². The number of nitrogens with zero attached hydrogens (tertiary/aromatic N) is 3. The predicted molar refractivity (Wildman–Crippen MR) is 247 cm³/mol. The van der Waals surface area contributed by atoms with Crippen LogP contribution in [0.3, 0.4) is 0 Å². The molecule has 0 saturated carbocycles. The molecule has 1 saturated heterocycles. The summed E-state index contributed by atoms with van der Waals surface area (Å²) in [5.41, 5.74) is 7.00. The summed E-state index contributed by atoms with van der Waals surface area (Å²) in [6, 6.07) is 54.3. The molecular weight excluding hydrogens is 787 g/mol. The van der Waals surface area contributed by atoms with Crippen LogP contribution in [0.25, 0.3) is 11.0 Å². The second kappa shape index (κ2) is 19.7. The molecule has 7 aromatic rings. The number of carbonyl (C=O) groups is 1. The Morgan fingerprint density at radius 2 is 1.32 bits per heavy atom. The summed E-state index contributed by atoms with van der Waals surface area (Å²) in [4.78, 5) is 20.3. The van der Waals surface area contributed by atoms with Crippen LogP contribution in [0.15, 0.2) is 164 Å². The van der Waals surface area contributed by atoms with E-state index in [0.717, 1.165) is 68.8 Å². The van der Waals surface area contributed by atoms with Crippen molar-refractivity contribution in [1.82, 2.24) is 14.5 Å². The van der Waals surface area contributed by atoms with Crippen LogP contribution in [0.1, 0.15) is 72.9 Å². The van der Waals surface area contributed by atoms with Crippen LogP contribution in [-0.4, -0.2) is 65.7 Å². The SMILES string of the molecule is COc1ccccc1COCCCOc1ccc(C2CCN(C(=O)OC(C)(C)C)CC2OCc2cccc3ncn(C(c4ccccc4)(c4ccccc4)c4ccccc4)c23)cc1. The number of ether oxygens (including phenoxy) is 5. The third-order valence-corrected chi connectivity index (χ3v) is 11.7. The molecule has 1 aromatic heterocycles. The largest absolute Gasteiger partial charge is 0.496 e. The standard InChI is InChI=1S/C54H57N3O6/c1-53(2,3)63-52(58)56-33-32-47(40-28-30-46(31-29-40)61-35-17-34-60-37-41-18-14-15-27-49(41)59-4)50(36-56)62-38-42-19-16-26-48-51(42)57(39-55-48)54(43-20-8-5-9-21-43,44-22-10-6-11-23-44)45-24-12-7-13-25-45/h5-16,18-31,39,47,50H,17,32-38H2,1-4H3. The van der Waals surface area contributed by atoms with E-state index in [-0.39, 0.29) is 18.1 Å². The van der Waals surface area contributed by atoms with Gasteiger partial charge in [-0.05, 0) is 73.7 Å². The average Bonchev–Trinajstić information content (AvgIpc) is 3.75. The lowest BCUT2D eigenvalue weighted by Crippen LogP contribution is -2.48. The lowest BCUT2D eigenvalue weighted by molar-refractivity contribution is -0.0357. The fourth-order valence-electron chi connectivity index (χ4n) is 8.79. The van der Waals surface area contributed by atoms with Crippen molar-refractivity contribution in [2.24, 2.45) is 0 Å². The molecule has 324 valence electrons. The molecule has 63 heavy (non-hydrogen) atoms. The second-order valence-electron chi connectivity index (χ2n) is 17.0. The number of piperidine rings is 1. The molecule has 0 aliphatic carbocycles. The van der Waals surface area contributed by atoms with Crippen LogP contribution in [0.4, 0.5) is 4.79 Å². The minimum atomic E-state index is -0.747. The Hall–Kier alpha value is -6.42. The third kappa shape index (κ3) is 9.80. The number of hydrogen-bond donors (Lipinski definition) is 0. The molecule has 8 rings (SSSR count). The van der Waals surface area contributed by atoms with E-state index in [4.69, 9.17) is 28.7 Å². The molecule has 1 amide bonds. The van der Waals surface area contributed by atoms with Gasteiger partial charge in [0.05, 0.1) is 63.5 Å². The number of benzene rings is 6. The molecule has 1 aliphatic heterocycles. The van der Waals surface area contributed by atoms with E-state index in [1.54, 1.807) is 12.0 Å². The Bertz CT molecular complexity index is 2440. The number of fused-ring (bicyclic) bond motifs is 1. The maximum atomic E-state index is 13.5. The summed E-state index contributed by atoms with van der Waals surface area (Å²) in [5, 5.41) is 0. The molecule has 9 nitrogen and oxygen atoms in total. The summed E-state index contributed by atoms with van der Waals surface area (Å²) in [6.07, 6.45) is 2.80. The molecule has 1 aliphatic rings. The van der Waals surface area contributed by atoms with E-state index in [2.05, 4.69) is 120 Å². The molecule has 0 radical (unpaired) electrons. The van der Waals surface area contributed by atoms with Crippen molar-refractivity contribution in [3.05, 3.63) is 197 Å². The number of likely N-dealkylation sites (tertiary alicyclic amines) is 1. The number of amides is 1. The van der Waals surface area contributed by atoms with E-state index >= 15 is 0 Å². The summed E-state index contributed by atoms with van der Waals surface area (Å²) in [6.45, 7) is 8.55. The van der Waals surface area contributed by atoms with Gasteiger partial charge in [-0.3, -0.25) is 0 Å². The van der Waals surface area contributed by atoms with Crippen molar-refractivity contribution in [1.29, 1.82) is 0 Å². The van der Waals surface area contributed by atoms with Crippen LogP contribution in [0, 0.1) is 0 Å². The number of hydrogen-bond acceptors (Lipinski definition) is 7. The topological polar surface area (TPSA) is 84.3 Å². The molecular formula is C54H57N3O6. The highest BCUT2D eigenvalue weighted by Crippen LogP contribution is 2.43. The first-order valence-corrected chi connectivity index (χ1v) is 21.9. The Kier molecular flexibility index (Phi) is 13.5. The number of aromatic nitrogens is 2. The van der Waals surface area contributed by atoms with Crippen LogP contribution in [0.2, 0.25) is 0 Å². The van der Waals surface area contributed by atoms with Crippen molar-refractivity contribution in [3.63, 3.8) is 0 Å². The maximum absolute atomic E-state index is 13.5. The average molecular weight is 844 g/mol. The molecule has 1 fully saturated rings. The van der Waals surface area contributed by atoms with E-state index in [9.17, 15) is 4.79 Å². The minimum absolute atomic E-state index is 0.0299. The van der Waals surface area contributed by atoms with Crippen LogP contribution in [-0.2, 0) is 33.0 Å². The normalized spacial score (nSPS) is 15.6. The number of imidazole rings is 1. The van der Waals surface area contributed by atoms with Crippen LogP contribution < -0.4 is 9.47 Å². The fraction of sp³-hybridized carbons (Fsp3) is 0.296. The van der Waals surface area contributed by atoms with Gasteiger partial charge >= 0.3 is 6.09 Å². The Labute approximate surface area is 371 Å². The van der Waals surface area contributed by atoms with Gasteiger partial charge < -0.3 is 33.2 Å². The first-order chi connectivity index (χ1) is 30.7. The Morgan fingerprint density at radius 3 is 1.95 bits per heavy atom. The van der Waals surface area contributed by atoms with Crippen molar-refractivity contribution in [2.45, 2.75) is 70.0 Å². The summed E-state index contributed by atoms with van der Waals surface area (Å²) in [7, 11) is 1.67. The molecule has 0 spiro atoms. The second-order valence-corrected chi connectivity index (χ2v) is 17.0. The van der Waals surface area contributed by atoms with Gasteiger partial charge in [0, 0.05) is 30.0 Å². The number of carbonyl (C=O) groups excluding carboxylic acids is 1. The maximum Gasteiger partial charge on any atom is 0.410 e. The smallest absolute Gasteiger partial charge is 0.410 e. The molecule has 2 atom stereocenters. The highest BCUT2D eigenvalue weighted by Gasteiger charge is 2.40. The molecule has 6 aromatic carbocycles. The van der Waals surface area contributed by atoms with Crippen molar-refractivity contribution < 1.29 is 28.5 Å². The van der Waals surface area contributed by atoms with Gasteiger partial charge in [0.15, 0.2) is 0 Å². The quantitative estimate of drug-likeness (QED) is 0.0707. The number of rotatable bonds is 16. The van der Waals surface area contributed by atoms with E-state index in [1.165, 1.54) is 0 Å². The zero-order valence-electron chi connectivity index (χ0n) is 36.7. The van der Waals surface area contributed by atoms with Gasteiger partial charge in [-0.2, -0.15) is 0 Å². The highest BCUT2D eigenvalue weighted by molar-refractivity contribution is 5.80.